The first kappa shape index (κ1) is 8.68. The number of nitrogens with one attached hydrogen (secondary N) is 1. The Morgan fingerprint density at radius 3 is 2.71 bits per heavy atom. The number of hydrogen-bond acceptors (Lipinski definition) is 2. The minimum absolute atomic E-state index is 0.145. The van der Waals surface area contributed by atoms with Crippen LogP contribution in [0.3, 0.4) is 0 Å². The largest absolute Gasteiger partial charge is 0.503 e. The van der Waals surface area contributed by atoms with Crippen LogP contribution in [0.4, 0.5) is 8.78 Å². The van der Waals surface area contributed by atoms with Crippen LogP contribution in [0.2, 0.25) is 0 Å². The molecule has 0 amide bonds. The third kappa shape index (κ3) is 1.14. The van der Waals surface area contributed by atoms with Crippen LogP contribution < -0.4 is 5.56 Å². The Morgan fingerprint density at radius 1 is 1.29 bits per heavy atom. The molecule has 0 bridgehead atoms. The number of hydrogen-bond donors (Lipinski definition) is 2. The Balaban J connectivity index is 2.97. The molecular formula is C9H5F2NO2. The summed E-state index contributed by atoms with van der Waals surface area (Å²) in [7, 11) is 0. The number of fused-ring (bicyclic) bond motifs is 1. The average molecular weight is 197 g/mol. The van der Waals surface area contributed by atoms with Crippen molar-refractivity contribution in [1.29, 1.82) is 0 Å². The molecule has 0 fully saturated rings. The number of aromatic nitrogens is 1. The van der Waals surface area contributed by atoms with E-state index in [1.807, 2.05) is 0 Å². The van der Waals surface area contributed by atoms with Crippen molar-refractivity contribution in [2.45, 2.75) is 0 Å². The zero-order valence-corrected chi connectivity index (χ0v) is 6.84. The molecule has 2 rings (SSSR count). The summed E-state index contributed by atoms with van der Waals surface area (Å²) in [4.78, 5) is 13.1. The van der Waals surface area contributed by atoms with Crippen LogP contribution in [0, 0.1) is 11.6 Å². The summed E-state index contributed by atoms with van der Waals surface area (Å²) >= 11 is 0. The quantitative estimate of drug-likeness (QED) is 0.672. The first-order chi connectivity index (χ1) is 6.59. The van der Waals surface area contributed by atoms with Gasteiger partial charge in [0.1, 0.15) is 0 Å². The van der Waals surface area contributed by atoms with Crippen molar-refractivity contribution >= 4 is 10.9 Å². The van der Waals surface area contributed by atoms with Gasteiger partial charge in [-0.3, -0.25) is 4.79 Å². The highest BCUT2D eigenvalue weighted by atomic mass is 19.2. The number of aromatic hydroxyl groups is 1. The molecule has 2 aromatic rings. The highest BCUT2D eigenvalue weighted by Gasteiger charge is 2.09. The van der Waals surface area contributed by atoms with E-state index in [0.29, 0.717) is 0 Å². The maximum absolute atomic E-state index is 13.1. The molecule has 0 spiro atoms. The summed E-state index contributed by atoms with van der Waals surface area (Å²) in [5, 5.41) is 8.85. The van der Waals surface area contributed by atoms with Gasteiger partial charge in [-0.2, -0.15) is 0 Å². The lowest BCUT2D eigenvalue weighted by Gasteiger charge is -2.00. The Bertz CT molecular complexity index is 562. The number of aromatic amines is 1. The van der Waals surface area contributed by atoms with E-state index in [1.54, 1.807) is 0 Å². The lowest BCUT2D eigenvalue weighted by Crippen LogP contribution is -2.05. The van der Waals surface area contributed by atoms with E-state index in [9.17, 15) is 13.6 Å². The minimum Gasteiger partial charge on any atom is -0.503 e. The molecule has 0 atom stereocenters. The average Bonchev–Trinajstić information content (AvgIpc) is 2.15. The fraction of sp³-hybridized carbons (Fsp3) is 0. The maximum Gasteiger partial charge on any atom is 0.290 e. The van der Waals surface area contributed by atoms with Crippen molar-refractivity contribution < 1.29 is 13.9 Å². The van der Waals surface area contributed by atoms with Gasteiger partial charge in [0.25, 0.3) is 5.56 Å². The third-order valence-corrected chi connectivity index (χ3v) is 1.89. The molecule has 2 N–H and O–H groups in total. The molecule has 0 unspecified atom stereocenters. The van der Waals surface area contributed by atoms with Crippen molar-refractivity contribution in [3.05, 3.63) is 40.2 Å². The van der Waals surface area contributed by atoms with Crippen molar-refractivity contribution in [2.75, 3.05) is 0 Å². The normalized spacial score (nSPS) is 10.7. The van der Waals surface area contributed by atoms with Gasteiger partial charge in [-0.05, 0) is 18.2 Å². The Morgan fingerprint density at radius 2 is 2.00 bits per heavy atom. The molecule has 72 valence electrons. The summed E-state index contributed by atoms with van der Waals surface area (Å²) in [6.45, 7) is 0. The van der Waals surface area contributed by atoms with Gasteiger partial charge in [-0.15, -0.1) is 0 Å². The lowest BCUT2D eigenvalue weighted by molar-refractivity contribution is 0.467. The van der Waals surface area contributed by atoms with E-state index in [4.69, 9.17) is 5.11 Å². The van der Waals surface area contributed by atoms with Crippen LogP contribution in [0.1, 0.15) is 0 Å². The topological polar surface area (TPSA) is 53.1 Å². The highest BCUT2D eigenvalue weighted by molar-refractivity contribution is 5.80. The van der Waals surface area contributed by atoms with Gasteiger partial charge in [-0.1, -0.05) is 0 Å². The summed E-state index contributed by atoms with van der Waals surface area (Å²) in [6, 6.07) is 3.03. The zero-order valence-electron chi connectivity index (χ0n) is 6.84. The molecule has 0 saturated heterocycles. The molecular weight excluding hydrogens is 192 g/mol. The van der Waals surface area contributed by atoms with Gasteiger partial charge in [0, 0.05) is 5.39 Å². The Labute approximate surface area is 76.6 Å². The van der Waals surface area contributed by atoms with E-state index in [-0.39, 0.29) is 10.9 Å². The fourth-order valence-electron chi connectivity index (χ4n) is 1.21. The van der Waals surface area contributed by atoms with Crippen LogP contribution in [0.15, 0.2) is 23.0 Å². The number of benzene rings is 1. The number of H-pyrrole nitrogens is 1. The van der Waals surface area contributed by atoms with Crippen molar-refractivity contribution in [2.24, 2.45) is 0 Å². The van der Waals surface area contributed by atoms with E-state index in [1.165, 1.54) is 6.07 Å². The van der Waals surface area contributed by atoms with Gasteiger partial charge in [0.15, 0.2) is 17.4 Å². The molecule has 1 aromatic heterocycles. The molecule has 3 nitrogen and oxygen atoms in total. The molecule has 0 aliphatic rings. The molecule has 1 heterocycles. The van der Waals surface area contributed by atoms with Crippen LogP contribution in [0.25, 0.3) is 10.9 Å². The van der Waals surface area contributed by atoms with Gasteiger partial charge in [-0.25, -0.2) is 8.78 Å². The molecule has 0 aliphatic carbocycles. The maximum atomic E-state index is 13.1. The smallest absolute Gasteiger partial charge is 0.290 e. The third-order valence-electron chi connectivity index (χ3n) is 1.89. The Hall–Kier alpha value is -1.91. The van der Waals surface area contributed by atoms with E-state index < -0.39 is 22.9 Å². The summed E-state index contributed by atoms with van der Waals surface area (Å²) in [6.07, 6.45) is 0. The van der Waals surface area contributed by atoms with Crippen molar-refractivity contribution in [1.82, 2.24) is 4.98 Å². The van der Waals surface area contributed by atoms with Crippen molar-refractivity contribution in [3.63, 3.8) is 0 Å². The fourth-order valence-corrected chi connectivity index (χ4v) is 1.21. The standard InChI is InChI=1S/C9H5F2NO2/c10-5-1-2-6-4(8(5)11)3-7(13)9(14)12-6/h1-3,13H,(H,12,14). The minimum atomic E-state index is -1.09. The lowest BCUT2D eigenvalue weighted by atomic mass is 10.2. The van der Waals surface area contributed by atoms with Crippen LogP contribution in [-0.2, 0) is 0 Å². The molecule has 0 radical (unpaired) electrons. The second-order valence-electron chi connectivity index (χ2n) is 2.81. The first-order valence-corrected chi connectivity index (χ1v) is 3.79. The van der Waals surface area contributed by atoms with Gasteiger partial charge >= 0.3 is 0 Å². The van der Waals surface area contributed by atoms with E-state index in [2.05, 4.69) is 4.98 Å². The SMILES string of the molecule is O=c1[nH]c2ccc(F)c(F)c2cc1O. The van der Waals surface area contributed by atoms with Crippen LogP contribution in [-0.4, -0.2) is 10.1 Å². The van der Waals surface area contributed by atoms with E-state index in [0.717, 1.165) is 12.1 Å². The molecule has 5 heteroatoms. The highest BCUT2D eigenvalue weighted by Crippen LogP contribution is 2.19. The van der Waals surface area contributed by atoms with Gasteiger partial charge in [0.2, 0.25) is 0 Å². The number of pyridine rings is 1. The summed E-state index contributed by atoms with van der Waals surface area (Å²) < 4.78 is 25.8. The molecule has 0 saturated carbocycles. The second-order valence-corrected chi connectivity index (χ2v) is 2.81. The molecule has 1 aromatic carbocycles. The summed E-state index contributed by atoms with van der Waals surface area (Å²) in [5.74, 6) is -2.75. The zero-order chi connectivity index (χ0) is 10.3. The van der Waals surface area contributed by atoms with Crippen molar-refractivity contribution in [3.8, 4) is 5.75 Å². The predicted octanol–water partition coefficient (Wildman–Crippen LogP) is 1.51. The second kappa shape index (κ2) is 2.80. The monoisotopic (exact) mass is 197 g/mol. The Kier molecular flexibility index (Phi) is 1.73. The molecule has 14 heavy (non-hydrogen) atoms. The number of halogens is 2. The van der Waals surface area contributed by atoms with E-state index >= 15 is 0 Å². The van der Waals surface area contributed by atoms with Crippen LogP contribution in [0.5, 0.6) is 5.75 Å². The van der Waals surface area contributed by atoms with Gasteiger partial charge < -0.3 is 10.1 Å². The predicted molar refractivity (Wildman–Crippen MR) is 46.1 cm³/mol. The molecule has 0 aliphatic heterocycles. The van der Waals surface area contributed by atoms with Gasteiger partial charge in [0.05, 0.1) is 5.52 Å². The van der Waals surface area contributed by atoms with Crippen LogP contribution >= 0.6 is 0 Å². The number of rotatable bonds is 0. The summed E-state index contributed by atoms with van der Waals surface area (Å²) in [5.41, 5.74) is -0.588. The first-order valence-electron chi connectivity index (χ1n) is 3.79.